The van der Waals surface area contributed by atoms with Crippen LogP contribution in [-0.4, -0.2) is 48.2 Å². The standard InChI is InChI=1S/C28H24O9/c1-2-3-4-5-11-6-12-7-17(30)21-14(19(12)25(33)20(11)28(36)37)10-16-23(26(21)34)27(35)22-15(24(16)32)8-13(29)9-18(22)31/h6,8-10,17,29-31,33-34H,2-5,7H2,1H3,(H,36,37). The van der Waals surface area contributed by atoms with E-state index in [4.69, 9.17) is 0 Å². The fraction of sp³-hybridized carbons (Fsp3) is 0.250. The molecular formula is C28H24O9. The Kier molecular flexibility index (Phi) is 5.68. The number of carbonyl (C=O) groups is 3. The van der Waals surface area contributed by atoms with Crippen LogP contribution in [-0.2, 0) is 12.8 Å². The summed E-state index contributed by atoms with van der Waals surface area (Å²) < 4.78 is 0. The second kappa shape index (κ2) is 8.63. The highest BCUT2D eigenvalue weighted by Crippen LogP contribution is 2.52. The third-order valence-corrected chi connectivity index (χ3v) is 7.13. The Morgan fingerprint density at radius 2 is 1.57 bits per heavy atom. The van der Waals surface area contributed by atoms with Crippen LogP contribution in [0.4, 0.5) is 0 Å². The fourth-order valence-electron chi connectivity index (χ4n) is 5.49. The summed E-state index contributed by atoms with van der Waals surface area (Å²) in [6.07, 6.45) is 1.51. The number of aryl methyl sites for hydroxylation is 1. The molecule has 2 aliphatic rings. The number of hydrogen-bond acceptors (Lipinski definition) is 8. The summed E-state index contributed by atoms with van der Waals surface area (Å²) >= 11 is 0. The van der Waals surface area contributed by atoms with Crippen LogP contribution in [0.2, 0.25) is 0 Å². The smallest absolute Gasteiger partial charge is 0.339 e. The fourth-order valence-corrected chi connectivity index (χ4v) is 5.49. The molecule has 2 aliphatic carbocycles. The number of aliphatic hydroxyl groups excluding tert-OH is 1. The molecular weight excluding hydrogens is 480 g/mol. The number of carboxylic acid groups (broad SMARTS) is 1. The number of phenolic OH excluding ortho intramolecular Hbond substituents is 3. The van der Waals surface area contributed by atoms with Gasteiger partial charge >= 0.3 is 5.97 Å². The number of carbonyl (C=O) groups excluding carboxylic acids is 2. The van der Waals surface area contributed by atoms with Gasteiger partial charge in [-0.3, -0.25) is 9.59 Å². The second-order valence-electron chi connectivity index (χ2n) is 9.43. The summed E-state index contributed by atoms with van der Waals surface area (Å²) in [6.45, 7) is 2.01. The molecule has 9 heteroatoms. The Morgan fingerprint density at radius 3 is 2.24 bits per heavy atom. The van der Waals surface area contributed by atoms with Crippen LogP contribution in [0.1, 0.15) is 91.2 Å². The first-order chi connectivity index (χ1) is 17.6. The van der Waals surface area contributed by atoms with Crippen LogP contribution >= 0.6 is 0 Å². The van der Waals surface area contributed by atoms with E-state index in [2.05, 4.69) is 0 Å². The molecule has 190 valence electrons. The van der Waals surface area contributed by atoms with Crippen molar-refractivity contribution in [3.8, 4) is 34.1 Å². The summed E-state index contributed by atoms with van der Waals surface area (Å²) in [5, 5.41) is 63.2. The van der Waals surface area contributed by atoms with E-state index in [0.717, 1.165) is 25.0 Å². The summed E-state index contributed by atoms with van der Waals surface area (Å²) in [6, 6.07) is 4.78. The van der Waals surface area contributed by atoms with Crippen LogP contribution in [0.3, 0.4) is 0 Å². The molecule has 0 heterocycles. The zero-order valence-corrected chi connectivity index (χ0v) is 19.8. The number of hydrogen-bond donors (Lipinski definition) is 6. The SMILES string of the molecule is CCCCCc1cc2c(c(O)c1C(=O)O)-c1cc3c(c(O)c1C(O)C2)C(=O)c1c(O)cc(O)cc1C3=O. The predicted octanol–water partition coefficient (Wildman–Crippen LogP) is 3.97. The Bertz CT molecular complexity index is 1530. The summed E-state index contributed by atoms with van der Waals surface area (Å²) in [5.41, 5.74) is -0.817. The van der Waals surface area contributed by atoms with Gasteiger partial charge in [0.25, 0.3) is 0 Å². The zero-order chi connectivity index (χ0) is 26.8. The molecule has 3 aromatic rings. The van der Waals surface area contributed by atoms with Crippen molar-refractivity contribution in [2.75, 3.05) is 0 Å². The number of phenols is 4. The molecule has 0 bridgehead atoms. The lowest BCUT2D eigenvalue weighted by Crippen LogP contribution is -2.24. The van der Waals surface area contributed by atoms with Crippen molar-refractivity contribution in [3.63, 3.8) is 0 Å². The highest BCUT2D eigenvalue weighted by Gasteiger charge is 2.40. The quantitative estimate of drug-likeness (QED) is 0.220. The molecule has 0 radical (unpaired) electrons. The van der Waals surface area contributed by atoms with Gasteiger partial charge in [0.05, 0.1) is 17.2 Å². The predicted molar refractivity (Wildman–Crippen MR) is 131 cm³/mol. The second-order valence-corrected chi connectivity index (χ2v) is 9.43. The molecule has 0 saturated carbocycles. The highest BCUT2D eigenvalue weighted by molar-refractivity contribution is 6.31. The maximum absolute atomic E-state index is 13.3. The molecule has 6 N–H and O–H groups in total. The van der Waals surface area contributed by atoms with E-state index in [9.17, 15) is 45.0 Å². The minimum absolute atomic E-state index is 0.0269. The van der Waals surface area contributed by atoms with Crippen molar-refractivity contribution in [3.05, 3.63) is 68.8 Å². The van der Waals surface area contributed by atoms with Crippen LogP contribution in [0, 0.1) is 0 Å². The molecule has 0 aromatic heterocycles. The minimum Gasteiger partial charge on any atom is -0.508 e. The molecule has 0 saturated heterocycles. The first-order valence-electron chi connectivity index (χ1n) is 11.9. The first-order valence-corrected chi connectivity index (χ1v) is 11.9. The van der Waals surface area contributed by atoms with E-state index >= 15 is 0 Å². The van der Waals surface area contributed by atoms with Crippen molar-refractivity contribution in [2.24, 2.45) is 0 Å². The molecule has 1 unspecified atom stereocenters. The lowest BCUT2D eigenvalue weighted by atomic mass is 9.75. The molecule has 0 amide bonds. The van der Waals surface area contributed by atoms with E-state index in [1.165, 1.54) is 6.07 Å². The number of fused-ring (bicyclic) bond motifs is 5. The number of aromatic carboxylic acids is 1. The van der Waals surface area contributed by atoms with Gasteiger partial charge in [-0.1, -0.05) is 25.8 Å². The average molecular weight is 504 g/mol. The van der Waals surface area contributed by atoms with Gasteiger partial charge in [-0.05, 0) is 41.7 Å². The van der Waals surface area contributed by atoms with Gasteiger partial charge < -0.3 is 30.6 Å². The van der Waals surface area contributed by atoms with Crippen LogP contribution in [0.5, 0.6) is 23.0 Å². The average Bonchev–Trinajstić information content (AvgIpc) is 2.81. The van der Waals surface area contributed by atoms with Gasteiger partial charge in [0.2, 0.25) is 5.78 Å². The molecule has 0 fully saturated rings. The zero-order valence-electron chi connectivity index (χ0n) is 19.8. The van der Waals surface area contributed by atoms with E-state index < -0.39 is 52.2 Å². The Hall–Kier alpha value is -4.37. The molecule has 5 rings (SSSR count). The van der Waals surface area contributed by atoms with Gasteiger partial charge in [-0.2, -0.15) is 0 Å². The van der Waals surface area contributed by atoms with Crippen molar-refractivity contribution < 1.29 is 45.0 Å². The number of benzene rings is 3. The number of unbranched alkanes of at least 4 members (excludes halogenated alkanes) is 2. The number of carboxylic acids is 1. The molecule has 9 nitrogen and oxygen atoms in total. The van der Waals surface area contributed by atoms with Gasteiger partial charge in [-0.25, -0.2) is 4.79 Å². The van der Waals surface area contributed by atoms with Gasteiger partial charge in [0.15, 0.2) is 5.78 Å². The van der Waals surface area contributed by atoms with Gasteiger partial charge in [0.1, 0.15) is 28.6 Å². The largest absolute Gasteiger partial charge is 0.508 e. The lowest BCUT2D eigenvalue weighted by Gasteiger charge is -2.30. The van der Waals surface area contributed by atoms with Crippen molar-refractivity contribution in [1.29, 1.82) is 0 Å². The van der Waals surface area contributed by atoms with Gasteiger partial charge in [0, 0.05) is 34.7 Å². The number of rotatable bonds is 5. The summed E-state index contributed by atoms with van der Waals surface area (Å²) in [7, 11) is 0. The topological polar surface area (TPSA) is 173 Å². The van der Waals surface area contributed by atoms with Crippen LogP contribution in [0.15, 0.2) is 24.3 Å². The summed E-state index contributed by atoms with van der Waals surface area (Å²) in [5.74, 6) is -5.30. The Morgan fingerprint density at radius 1 is 0.865 bits per heavy atom. The molecule has 0 spiro atoms. The Labute approximate surface area is 210 Å². The monoisotopic (exact) mass is 504 g/mol. The van der Waals surface area contributed by atoms with Crippen LogP contribution < -0.4 is 0 Å². The van der Waals surface area contributed by atoms with Crippen molar-refractivity contribution in [1.82, 2.24) is 0 Å². The van der Waals surface area contributed by atoms with Gasteiger partial charge in [-0.15, -0.1) is 0 Å². The molecule has 0 aliphatic heterocycles. The van der Waals surface area contributed by atoms with Crippen molar-refractivity contribution in [2.45, 2.75) is 45.1 Å². The summed E-state index contributed by atoms with van der Waals surface area (Å²) in [4.78, 5) is 38.7. The van der Waals surface area contributed by atoms with E-state index in [1.54, 1.807) is 6.07 Å². The number of aliphatic hydroxyl groups is 1. The number of aromatic hydroxyl groups is 4. The molecule has 3 aromatic carbocycles. The molecule has 1 atom stereocenters. The first kappa shape index (κ1) is 24.3. The maximum atomic E-state index is 13.3. The van der Waals surface area contributed by atoms with E-state index in [1.807, 2.05) is 6.92 Å². The Balaban J connectivity index is 1.78. The lowest BCUT2D eigenvalue weighted by molar-refractivity contribution is 0.0692. The highest BCUT2D eigenvalue weighted by atomic mass is 16.4. The minimum atomic E-state index is -1.34. The molecule has 37 heavy (non-hydrogen) atoms. The van der Waals surface area contributed by atoms with E-state index in [0.29, 0.717) is 24.0 Å². The van der Waals surface area contributed by atoms with Crippen LogP contribution in [0.25, 0.3) is 11.1 Å². The van der Waals surface area contributed by atoms with E-state index in [-0.39, 0.29) is 45.4 Å². The number of ketones is 2. The third-order valence-electron chi connectivity index (χ3n) is 7.13. The normalized spacial score (nSPS) is 15.6. The maximum Gasteiger partial charge on any atom is 0.339 e. The third kappa shape index (κ3) is 3.54. The van der Waals surface area contributed by atoms with Crippen molar-refractivity contribution >= 4 is 17.5 Å².